The van der Waals surface area contributed by atoms with E-state index in [1.54, 1.807) is 0 Å². The summed E-state index contributed by atoms with van der Waals surface area (Å²) in [6.07, 6.45) is 4.01. The van der Waals surface area contributed by atoms with E-state index in [2.05, 4.69) is 47.2 Å². The Morgan fingerprint density at radius 3 is 2.08 bits per heavy atom. The summed E-state index contributed by atoms with van der Waals surface area (Å²) in [5, 5.41) is -0.128. The zero-order valence-electron chi connectivity index (χ0n) is 18.0. The maximum absolute atomic E-state index is 12.3. The van der Waals surface area contributed by atoms with Crippen molar-refractivity contribution in [3.05, 3.63) is 0 Å². The van der Waals surface area contributed by atoms with Crippen molar-refractivity contribution in [2.24, 2.45) is 23.2 Å². The Morgan fingerprint density at radius 2 is 1.62 bits per heavy atom. The molecule has 4 atom stereocenters. The number of thiol groups is 2. The van der Waals surface area contributed by atoms with E-state index in [4.69, 9.17) is 22.1 Å². The molecule has 0 aliphatic heterocycles. The Balaban J connectivity index is 4.91. The second-order valence-electron chi connectivity index (χ2n) is 8.52. The van der Waals surface area contributed by atoms with Crippen molar-refractivity contribution in [3.8, 4) is 0 Å². The first kappa shape index (κ1) is 26.1. The van der Waals surface area contributed by atoms with Gasteiger partial charge in [0, 0.05) is 17.3 Å². The molecule has 0 aliphatic rings. The van der Waals surface area contributed by atoms with Crippen LogP contribution >= 0.6 is 25.3 Å². The SMILES string of the molecule is CCC(C)CCOCC(CC)(COC(=O)C(S)C(C)C)CC(S)C(C)C. The molecule has 0 saturated heterocycles. The fourth-order valence-corrected chi connectivity index (χ4v) is 3.01. The van der Waals surface area contributed by atoms with Crippen LogP contribution in [0, 0.1) is 23.2 Å². The highest BCUT2D eigenvalue weighted by Crippen LogP contribution is 2.34. The zero-order valence-corrected chi connectivity index (χ0v) is 19.7. The molecule has 0 aromatic heterocycles. The topological polar surface area (TPSA) is 35.5 Å². The normalized spacial score (nSPS) is 17.8. The third-order valence-corrected chi connectivity index (χ3v) is 7.00. The van der Waals surface area contributed by atoms with Crippen LogP contribution in [0.5, 0.6) is 0 Å². The van der Waals surface area contributed by atoms with Gasteiger partial charge in [-0.25, -0.2) is 0 Å². The summed E-state index contributed by atoms with van der Waals surface area (Å²) in [6, 6.07) is 0. The van der Waals surface area contributed by atoms with Gasteiger partial charge >= 0.3 is 5.97 Å². The minimum Gasteiger partial charge on any atom is -0.464 e. The van der Waals surface area contributed by atoms with E-state index in [0.717, 1.165) is 25.9 Å². The summed E-state index contributed by atoms with van der Waals surface area (Å²) in [5.41, 5.74) is -0.188. The summed E-state index contributed by atoms with van der Waals surface area (Å²) >= 11 is 9.15. The molecule has 0 aromatic carbocycles. The minimum atomic E-state index is -0.382. The van der Waals surface area contributed by atoms with E-state index < -0.39 is 0 Å². The largest absolute Gasteiger partial charge is 0.464 e. The summed E-state index contributed by atoms with van der Waals surface area (Å²) < 4.78 is 11.7. The summed E-state index contributed by atoms with van der Waals surface area (Å²) in [4.78, 5) is 12.3. The van der Waals surface area contributed by atoms with Crippen molar-refractivity contribution in [1.29, 1.82) is 0 Å². The van der Waals surface area contributed by atoms with E-state index in [1.807, 2.05) is 13.8 Å². The first-order chi connectivity index (χ1) is 12.1. The van der Waals surface area contributed by atoms with Gasteiger partial charge in [0.2, 0.25) is 0 Å². The van der Waals surface area contributed by atoms with Crippen molar-refractivity contribution in [2.75, 3.05) is 19.8 Å². The molecule has 0 heterocycles. The van der Waals surface area contributed by atoms with Crippen molar-refractivity contribution < 1.29 is 14.3 Å². The Kier molecular flexibility index (Phi) is 13.4. The van der Waals surface area contributed by atoms with Gasteiger partial charge in [0.15, 0.2) is 0 Å². The van der Waals surface area contributed by atoms with E-state index in [-0.39, 0.29) is 27.8 Å². The predicted molar refractivity (Wildman–Crippen MR) is 118 cm³/mol. The maximum atomic E-state index is 12.3. The highest BCUT2D eigenvalue weighted by atomic mass is 32.1. The number of esters is 1. The lowest BCUT2D eigenvalue weighted by molar-refractivity contribution is -0.149. The Bertz CT molecular complexity index is 387. The molecule has 0 fully saturated rings. The highest BCUT2D eigenvalue weighted by Gasteiger charge is 2.34. The van der Waals surface area contributed by atoms with Gasteiger partial charge in [0.25, 0.3) is 0 Å². The van der Waals surface area contributed by atoms with Crippen molar-refractivity contribution >= 4 is 31.2 Å². The molecular formula is C21H42O3S2. The average molecular weight is 407 g/mol. The monoisotopic (exact) mass is 406 g/mol. The quantitative estimate of drug-likeness (QED) is 0.221. The number of ether oxygens (including phenoxy) is 2. The van der Waals surface area contributed by atoms with Gasteiger partial charge in [-0.15, -0.1) is 0 Å². The van der Waals surface area contributed by atoms with E-state index in [1.165, 1.54) is 6.42 Å². The molecule has 156 valence electrons. The molecule has 0 rings (SSSR count). The Labute approximate surface area is 173 Å². The summed E-state index contributed by atoms with van der Waals surface area (Å²) in [6.45, 7) is 16.6. The fraction of sp³-hybridized carbons (Fsp3) is 0.952. The maximum Gasteiger partial charge on any atom is 0.319 e. The second kappa shape index (κ2) is 13.3. The molecule has 0 spiro atoms. The minimum absolute atomic E-state index is 0.155. The Morgan fingerprint density at radius 1 is 1.00 bits per heavy atom. The van der Waals surface area contributed by atoms with Crippen LogP contribution in [0.15, 0.2) is 0 Å². The molecule has 0 saturated carbocycles. The van der Waals surface area contributed by atoms with Crippen molar-refractivity contribution in [3.63, 3.8) is 0 Å². The van der Waals surface area contributed by atoms with Gasteiger partial charge in [-0.3, -0.25) is 4.79 Å². The molecular weight excluding hydrogens is 364 g/mol. The van der Waals surface area contributed by atoms with Crippen LogP contribution in [0.4, 0.5) is 0 Å². The van der Waals surface area contributed by atoms with Crippen LogP contribution in [0.3, 0.4) is 0 Å². The molecule has 4 unspecified atom stereocenters. The average Bonchev–Trinajstić information content (AvgIpc) is 2.61. The molecule has 3 nitrogen and oxygen atoms in total. The first-order valence-electron chi connectivity index (χ1n) is 10.2. The summed E-state index contributed by atoms with van der Waals surface area (Å²) in [7, 11) is 0. The summed E-state index contributed by atoms with van der Waals surface area (Å²) in [5.74, 6) is 1.06. The van der Waals surface area contributed by atoms with Gasteiger partial charge < -0.3 is 9.47 Å². The van der Waals surface area contributed by atoms with Gasteiger partial charge in [0.05, 0.1) is 13.2 Å². The highest BCUT2D eigenvalue weighted by molar-refractivity contribution is 7.81. The lowest BCUT2D eigenvalue weighted by Gasteiger charge is -2.35. The lowest BCUT2D eigenvalue weighted by atomic mass is 9.80. The Hall–Kier alpha value is 0.130. The zero-order chi connectivity index (χ0) is 20.3. The lowest BCUT2D eigenvalue weighted by Crippen LogP contribution is -2.38. The molecule has 0 amide bonds. The number of carbonyl (C=O) groups is 1. The molecule has 0 radical (unpaired) electrons. The van der Waals surface area contributed by atoms with Crippen LogP contribution in [-0.4, -0.2) is 36.3 Å². The number of rotatable bonds is 14. The van der Waals surface area contributed by atoms with Gasteiger partial charge in [-0.05, 0) is 37.0 Å². The number of carbonyl (C=O) groups excluding carboxylic acids is 1. The third-order valence-electron chi connectivity index (χ3n) is 5.42. The smallest absolute Gasteiger partial charge is 0.319 e. The molecule has 0 aromatic rings. The van der Waals surface area contributed by atoms with E-state index in [9.17, 15) is 4.79 Å². The van der Waals surface area contributed by atoms with Crippen molar-refractivity contribution in [2.45, 2.75) is 84.6 Å². The molecule has 0 bridgehead atoms. The number of hydrogen-bond donors (Lipinski definition) is 2. The second-order valence-corrected chi connectivity index (χ2v) is 9.74. The first-order valence-corrected chi connectivity index (χ1v) is 11.2. The van der Waals surface area contributed by atoms with Gasteiger partial charge in [-0.1, -0.05) is 54.9 Å². The van der Waals surface area contributed by atoms with E-state index in [0.29, 0.717) is 25.0 Å². The van der Waals surface area contributed by atoms with Crippen LogP contribution in [0.2, 0.25) is 0 Å². The van der Waals surface area contributed by atoms with Crippen molar-refractivity contribution in [1.82, 2.24) is 0 Å². The van der Waals surface area contributed by atoms with Crippen LogP contribution in [-0.2, 0) is 14.3 Å². The molecule has 5 heteroatoms. The van der Waals surface area contributed by atoms with Crippen LogP contribution in [0.1, 0.15) is 74.1 Å². The molecule has 0 aliphatic carbocycles. The fourth-order valence-electron chi connectivity index (χ4n) is 2.55. The molecule has 0 N–H and O–H groups in total. The van der Waals surface area contributed by atoms with Crippen LogP contribution in [0.25, 0.3) is 0 Å². The van der Waals surface area contributed by atoms with Gasteiger partial charge in [-0.2, -0.15) is 25.3 Å². The van der Waals surface area contributed by atoms with Gasteiger partial charge in [0.1, 0.15) is 5.25 Å². The van der Waals surface area contributed by atoms with E-state index >= 15 is 0 Å². The molecule has 26 heavy (non-hydrogen) atoms. The third kappa shape index (κ3) is 9.89. The predicted octanol–water partition coefficient (Wildman–Crippen LogP) is 5.68. The number of hydrogen-bond acceptors (Lipinski definition) is 5. The van der Waals surface area contributed by atoms with Crippen LogP contribution < -0.4 is 0 Å². The standard InChI is InChI=1S/C21H42O3S2/c1-8-17(7)10-11-23-13-21(9-2,12-18(25)15(3)4)14-24-20(22)19(26)16(5)6/h15-19,25-26H,8-14H2,1-7H3.